The molecule has 25 heavy (non-hydrogen) atoms. The van der Waals surface area contributed by atoms with Crippen LogP contribution in [0.5, 0.6) is 5.75 Å². The van der Waals surface area contributed by atoms with Crippen molar-refractivity contribution in [1.29, 1.82) is 0 Å². The molecule has 0 fully saturated rings. The Morgan fingerprint density at radius 3 is 2.84 bits per heavy atom. The number of para-hydroxylation sites is 1. The number of aliphatic carboxylic acids is 1. The molecule has 3 aromatic rings. The van der Waals surface area contributed by atoms with Crippen molar-refractivity contribution in [2.75, 3.05) is 7.11 Å². The van der Waals surface area contributed by atoms with E-state index in [1.165, 1.54) is 0 Å². The molecule has 3 N–H and O–H groups in total. The Hall–Kier alpha value is -2.50. The number of benzene rings is 2. The number of halogens is 1. The number of carboxylic acids is 1. The average Bonchev–Trinajstić information content (AvgIpc) is 3.01. The summed E-state index contributed by atoms with van der Waals surface area (Å²) in [5, 5.41) is 14.3. The van der Waals surface area contributed by atoms with Crippen LogP contribution in [0.25, 0.3) is 10.9 Å². The van der Waals surface area contributed by atoms with Gasteiger partial charge in [-0.05, 0) is 29.8 Å². The predicted octanol–water partition coefficient (Wildman–Crippen LogP) is 3.62. The van der Waals surface area contributed by atoms with Crippen molar-refractivity contribution in [3.05, 3.63) is 64.8 Å². The molecule has 1 atom stereocenters. The van der Waals surface area contributed by atoms with Gasteiger partial charge in [0.05, 0.1) is 7.11 Å². The monoisotopic (exact) mass is 358 g/mol. The maximum Gasteiger partial charge on any atom is 0.321 e. The van der Waals surface area contributed by atoms with Gasteiger partial charge >= 0.3 is 5.97 Å². The number of rotatable bonds is 7. The molecule has 0 unspecified atom stereocenters. The fraction of sp³-hybridized carbons (Fsp3) is 0.211. The fourth-order valence-corrected chi connectivity index (χ4v) is 3.08. The number of carboxylic acid groups (broad SMARTS) is 1. The van der Waals surface area contributed by atoms with E-state index >= 15 is 0 Å². The second-order valence-electron chi connectivity index (χ2n) is 5.79. The van der Waals surface area contributed by atoms with Gasteiger partial charge in [0.15, 0.2) is 0 Å². The first-order valence-corrected chi connectivity index (χ1v) is 8.30. The molecule has 2 aromatic carbocycles. The molecule has 3 rings (SSSR count). The quantitative estimate of drug-likeness (QED) is 0.603. The first-order valence-electron chi connectivity index (χ1n) is 7.92. The Morgan fingerprint density at radius 1 is 1.28 bits per heavy atom. The minimum Gasteiger partial charge on any atom is -0.496 e. The summed E-state index contributed by atoms with van der Waals surface area (Å²) in [6, 6.07) is 12.4. The molecule has 130 valence electrons. The molecule has 0 radical (unpaired) electrons. The summed E-state index contributed by atoms with van der Waals surface area (Å²) in [6.07, 6.45) is 2.24. The molecule has 0 aliphatic carbocycles. The number of fused-ring (bicyclic) bond motifs is 1. The maximum absolute atomic E-state index is 11.7. The summed E-state index contributed by atoms with van der Waals surface area (Å²) in [7, 11) is 1.58. The number of aromatic amines is 1. The van der Waals surface area contributed by atoms with Gasteiger partial charge in [0.25, 0.3) is 0 Å². The highest BCUT2D eigenvalue weighted by Crippen LogP contribution is 2.23. The van der Waals surface area contributed by atoms with Crippen LogP contribution in [0.4, 0.5) is 0 Å². The minimum absolute atomic E-state index is 0.350. The van der Waals surface area contributed by atoms with Gasteiger partial charge in [-0.2, -0.15) is 0 Å². The summed E-state index contributed by atoms with van der Waals surface area (Å²) in [5.74, 6) is -0.223. The van der Waals surface area contributed by atoms with E-state index in [0.717, 1.165) is 22.0 Å². The number of hydrogen-bond acceptors (Lipinski definition) is 3. The topological polar surface area (TPSA) is 74.3 Å². The van der Waals surface area contributed by atoms with Gasteiger partial charge in [-0.3, -0.25) is 10.1 Å². The van der Waals surface area contributed by atoms with E-state index in [4.69, 9.17) is 16.3 Å². The molecule has 0 aliphatic heterocycles. The van der Waals surface area contributed by atoms with Crippen LogP contribution < -0.4 is 10.1 Å². The largest absolute Gasteiger partial charge is 0.496 e. The number of nitrogens with one attached hydrogen (secondary N) is 2. The second-order valence-corrected chi connectivity index (χ2v) is 6.23. The summed E-state index contributed by atoms with van der Waals surface area (Å²) < 4.78 is 5.31. The average molecular weight is 359 g/mol. The van der Waals surface area contributed by atoms with Crippen molar-refractivity contribution in [1.82, 2.24) is 10.3 Å². The Labute approximate surface area is 150 Å². The van der Waals surface area contributed by atoms with E-state index in [0.29, 0.717) is 23.7 Å². The van der Waals surface area contributed by atoms with Crippen LogP contribution in [0.3, 0.4) is 0 Å². The Balaban J connectivity index is 1.76. The normalized spacial score (nSPS) is 12.2. The van der Waals surface area contributed by atoms with Crippen LogP contribution in [0.15, 0.2) is 48.7 Å². The van der Waals surface area contributed by atoms with E-state index in [2.05, 4.69) is 10.3 Å². The van der Waals surface area contributed by atoms with Crippen LogP contribution in [-0.2, 0) is 17.8 Å². The standard InChI is InChI=1S/C19H19ClN2O3/c1-25-18-7-6-14(20)8-13(18)11-22-17(19(23)24)9-12-10-21-16-5-3-2-4-15(12)16/h2-8,10,17,21-22H,9,11H2,1H3,(H,23,24)/t17-/m0/s1. The van der Waals surface area contributed by atoms with E-state index < -0.39 is 12.0 Å². The molecular weight excluding hydrogens is 340 g/mol. The SMILES string of the molecule is COc1ccc(Cl)cc1CN[C@@H](Cc1c[nH]c2ccccc12)C(=O)O. The van der Waals surface area contributed by atoms with E-state index in [-0.39, 0.29) is 0 Å². The Morgan fingerprint density at radius 2 is 2.08 bits per heavy atom. The molecule has 0 aliphatic rings. The van der Waals surface area contributed by atoms with Crippen LogP contribution in [-0.4, -0.2) is 29.2 Å². The maximum atomic E-state index is 11.7. The second kappa shape index (κ2) is 7.59. The van der Waals surface area contributed by atoms with Gasteiger partial charge in [-0.25, -0.2) is 0 Å². The third kappa shape index (κ3) is 3.95. The molecular formula is C19H19ClN2O3. The van der Waals surface area contributed by atoms with Crippen LogP contribution in [0, 0.1) is 0 Å². The lowest BCUT2D eigenvalue weighted by atomic mass is 10.0. The number of hydrogen-bond donors (Lipinski definition) is 3. The third-order valence-corrected chi connectivity index (χ3v) is 4.41. The lowest BCUT2D eigenvalue weighted by Crippen LogP contribution is -2.38. The van der Waals surface area contributed by atoms with Crippen molar-refractivity contribution in [2.45, 2.75) is 19.0 Å². The van der Waals surface area contributed by atoms with Crippen molar-refractivity contribution in [3.63, 3.8) is 0 Å². The van der Waals surface area contributed by atoms with Crippen LogP contribution >= 0.6 is 11.6 Å². The van der Waals surface area contributed by atoms with Crippen molar-refractivity contribution in [3.8, 4) is 5.75 Å². The lowest BCUT2D eigenvalue weighted by molar-refractivity contribution is -0.139. The van der Waals surface area contributed by atoms with E-state index in [1.807, 2.05) is 30.5 Å². The molecule has 6 heteroatoms. The van der Waals surface area contributed by atoms with Crippen molar-refractivity contribution in [2.24, 2.45) is 0 Å². The summed E-state index contributed by atoms with van der Waals surface area (Å²) in [5.41, 5.74) is 2.78. The highest BCUT2D eigenvalue weighted by Gasteiger charge is 2.20. The number of methoxy groups -OCH3 is 1. The highest BCUT2D eigenvalue weighted by atomic mass is 35.5. The summed E-state index contributed by atoms with van der Waals surface area (Å²) in [6.45, 7) is 0.350. The number of carbonyl (C=O) groups is 1. The lowest BCUT2D eigenvalue weighted by Gasteiger charge is -2.16. The van der Waals surface area contributed by atoms with Crippen LogP contribution in [0.2, 0.25) is 5.02 Å². The fourth-order valence-electron chi connectivity index (χ4n) is 2.89. The van der Waals surface area contributed by atoms with Gasteiger partial charge < -0.3 is 14.8 Å². The van der Waals surface area contributed by atoms with Crippen LogP contribution in [0.1, 0.15) is 11.1 Å². The van der Waals surface area contributed by atoms with Crippen molar-refractivity contribution >= 4 is 28.5 Å². The first kappa shape index (κ1) is 17.3. The summed E-state index contributed by atoms with van der Waals surface area (Å²) >= 11 is 6.03. The van der Waals surface area contributed by atoms with E-state index in [1.54, 1.807) is 25.3 Å². The molecule has 5 nitrogen and oxygen atoms in total. The molecule has 0 saturated carbocycles. The van der Waals surface area contributed by atoms with Gasteiger partial charge in [-0.1, -0.05) is 29.8 Å². The molecule has 1 aromatic heterocycles. The zero-order valence-corrected chi connectivity index (χ0v) is 14.5. The zero-order valence-electron chi connectivity index (χ0n) is 13.8. The predicted molar refractivity (Wildman–Crippen MR) is 98.3 cm³/mol. The number of aromatic nitrogens is 1. The van der Waals surface area contributed by atoms with Gasteiger partial charge in [-0.15, -0.1) is 0 Å². The van der Waals surface area contributed by atoms with Gasteiger partial charge in [0.2, 0.25) is 0 Å². The molecule has 0 amide bonds. The Kier molecular flexibility index (Phi) is 5.26. The minimum atomic E-state index is -0.897. The highest BCUT2D eigenvalue weighted by molar-refractivity contribution is 6.30. The molecule has 1 heterocycles. The van der Waals surface area contributed by atoms with Gasteiger partial charge in [0.1, 0.15) is 11.8 Å². The first-order chi connectivity index (χ1) is 12.1. The smallest absolute Gasteiger partial charge is 0.321 e. The Bertz CT molecular complexity index is 891. The van der Waals surface area contributed by atoms with Gasteiger partial charge in [0, 0.05) is 40.7 Å². The third-order valence-electron chi connectivity index (χ3n) is 4.18. The molecule has 0 bridgehead atoms. The summed E-state index contributed by atoms with van der Waals surface area (Å²) in [4.78, 5) is 14.8. The van der Waals surface area contributed by atoms with Crippen molar-refractivity contribution < 1.29 is 14.6 Å². The molecule has 0 saturated heterocycles. The zero-order chi connectivity index (χ0) is 17.8. The van der Waals surface area contributed by atoms with E-state index in [9.17, 15) is 9.90 Å². The number of H-pyrrole nitrogens is 1. The number of ether oxygens (including phenoxy) is 1. The molecule has 0 spiro atoms.